The first-order valence-electron chi connectivity index (χ1n) is 15.4. The second-order valence-electron chi connectivity index (χ2n) is 11.6. The Morgan fingerprint density at radius 1 is 1.04 bits per heavy atom. The third kappa shape index (κ3) is 9.40. The van der Waals surface area contributed by atoms with Gasteiger partial charge in [0.2, 0.25) is 0 Å². The van der Waals surface area contributed by atoms with Crippen LogP contribution in [0.1, 0.15) is 73.2 Å². The van der Waals surface area contributed by atoms with E-state index in [1.807, 2.05) is 52.0 Å². The Hall–Kier alpha value is -3.70. The highest BCUT2D eigenvalue weighted by Gasteiger charge is 2.45. The van der Waals surface area contributed by atoms with Crippen LogP contribution in [0, 0.1) is 5.92 Å². The van der Waals surface area contributed by atoms with E-state index in [9.17, 15) is 9.59 Å². The lowest BCUT2D eigenvalue weighted by Crippen LogP contribution is -2.37. The fraction of sp³-hybridized carbons (Fsp3) is 0.486. The van der Waals surface area contributed by atoms with Gasteiger partial charge in [-0.1, -0.05) is 43.4 Å². The Labute approximate surface area is 265 Å². The minimum atomic E-state index is -0.913. The van der Waals surface area contributed by atoms with E-state index in [0.29, 0.717) is 36.4 Å². The number of hydrogen-bond donors (Lipinski definition) is 1. The van der Waals surface area contributed by atoms with Crippen LogP contribution < -0.4 is 15.2 Å². The van der Waals surface area contributed by atoms with E-state index in [-0.39, 0.29) is 24.0 Å². The summed E-state index contributed by atoms with van der Waals surface area (Å²) >= 11 is 0. The summed E-state index contributed by atoms with van der Waals surface area (Å²) in [5, 5.41) is 0. The van der Waals surface area contributed by atoms with Gasteiger partial charge in [0.15, 0.2) is 12.6 Å². The van der Waals surface area contributed by atoms with Crippen LogP contribution in [-0.4, -0.2) is 69.2 Å². The zero-order valence-electron chi connectivity index (χ0n) is 26.7. The molecule has 0 saturated carbocycles. The number of benzene rings is 2. The Morgan fingerprint density at radius 2 is 1.82 bits per heavy atom. The number of carbonyl (C=O) groups excluding carboxylic acids is 2. The standard InChI is InChI=1S/C35H45NO9/c1-23-16-17-28(43-33(37)25-12-7-6-8-13-25)32-29(44-35(3,4)45-32)15-11-14-26-20-27(40-19-10-9-18-36)21-30(41-22-39-5)31(26)34(38)42-24(23)2/h6-8,11-14,16-17,20-21,23-24,28-29,32H,9-10,15,18-19,22,36H2,1-5H3/t23-,24+,28?,29+,32-/m1/s1. The van der Waals surface area contributed by atoms with Crippen molar-refractivity contribution in [1.29, 1.82) is 0 Å². The minimum absolute atomic E-state index is 0.0676. The van der Waals surface area contributed by atoms with Gasteiger partial charge in [-0.05, 0) is 76.4 Å². The number of fused-ring (bicyclic) bond motifs is 2. The number of rotatable bonds is 10. The van der Waals surface area contributed by atoms with Crippen molar-refractivity contribution >= 4 is 18.0 Å². The largest absolute Gasteiger partial charge is 0.493 e. The summed E-state index contributed by atoms with van der Waals surface area (Å²) in [6.45, 7) is 8.36. The van der Waals surface area contributed by atoms with Crippen molar-refractivity contribution in [2.45, 2.75) is 77.2 Å². The molecule has 10 heteroatoms. The molecule has 1 unspecified atom stereocenters. The minimum Gasteiger partial charge on any atom is -0.493 e. The van der Waals surface area contributed by atoms with Crippen LogP contribution in [0.2, 0.25) is 0 Å². The van der Waals surface area contributed by atoms with Crippen LogP contribution >= 0.6 is 0 Å². The van der Waals surface area contributed by atoms with Gasteiger partial charge in [0, 0.05) is 19.1 Å². The summed E-state index contributed by atoms with van der Waals surface area (Å²) in [7, 11) is 1.51. The van der Waals surface area contributed by atoms with Crippen molar-refractivity contribution in [2.75, 3.05) is 27.1 Å². The number of ether oxygens (including phenoxy) is 7. The van der Waals surface area contributed by atoms with Crippen LogP contribution in [0.4, 0.5) is 0 Å². The average molecular weight is 624 g/mol. The highest BCUT2D eigenvalue weighted by molar-refractivity contribution is 5.97. The second-order valence-corrected chi connectivity index (χ2v) is 11.6. The molecule has 0 aliphatic carbocycles. The first kappa shape index (κ1) is 34.2. The number of unbranched alkanes of at least 4 members (excludes halogenated alkanes) is 1. The number of cyclic esters (lactones) is 1. The van der Waals surface area contributed by atoms with Crippen molar-refractivity contribution in [1.82, 2.24) is 0 Å². The van der Waals surface area contributed by atoms with Gasteiger partial charge < -0.3 is 38.9 Å². The van der Waals surface area contributed by atoms with Gasteiger partial charge in [0.05, 0.1) is 18.3 Å². The van der Waals surface area contributed by atoms with Gasteiger partial charge in [0.25, 0.3) is 0 Å². The summed E-state index contributed by atoms with van der Waals surface area (Å²) in [4.78, 5) is 26.8. The molecule has 244 valence electrons. The molecule has 0 spiro atoms. The highest BCUT2D eigenvalue weighted by atomic mass is 16.8. The predicted molar refractivity (Wildman–Crippen MR) is 169 cm³/mol. The molecule has 2 aromatic carbocycles. The van der Waals surface area contributed by atoms with Crippen LogP contribution in [-0.2, 0) is 23.7 Å². The summed E-state index contributed by atoms with van der Waals surface area (Å²) < 4.78 is 41.6. The number of carbonyl (C=O) groups is 2. The topological polar surface area (TPSA) is 125 Å². The molecule has 0 bridgehead atoms. The monoisotopic (exact) mass is 623 g/mol. The van der Waals surface area contributed by atoms with Crippen molar-refractivity contribution in [3.63, 3.8) is 0 Å². The van der Waals surface area contributed by atoms with Crippen LogP contribution in [0.25, 0.3) is 6.08 Å². The molecule has 1 saturated heterocycles. The third-order valence-corrected chi connectivity index (χ3v) is 7.61. The van der Waals surface area contributed by atoms with Crippen molar-refractivity contribution in [2.24, 2.45) is 11.7 Å². The summed E-state index contributed by atoms with van der Waals surface area (Å²) in [5.74, 6) is -1.36. The van der Waals surface area contributed by atoms with E-state index in [2.05, 4.69) is 0 Å². The fourth-order valence-electron chi connectivity index (χ4n) is 5.13. The van der Waals surface area contributed by atoms with Crippen LogP contribution in [0.5, 0.6) is 11.5 Å². The highest BCUT2D eigenvalue weighted by Crippen LogP contribution is 2.36. The van der Waals surface area contributed by atoms with E-state index in [1.165, 1.54) is 7.11 Å². The Kier molecular flexibility index (Phi) is 12.2. The molecule has 2 N–H and O–H groups in total. The lowest BCUT2D eigenvalue weighted by molar-refractivity contribution is -0.152. The van der Waals surface area contributed by atoms with Crippen LogP contribution in [0.3, 0.4) is 0 Å². The SMILES string of the molecule is COCOc1cc(OCCCCN)cc2c1C(=O)O[C@@H](C)[C@H](C)C=CC(OC(=O)c1ccccc1)[C@H]1OC(C)(C)O[C@H]1CC=C2. The fourth-order valence-corrected chi connectivity index (χ4v) is 5.13. The summed E-state index contributed by atoms with van der Waals surface area (Å²) in [6.07, 6.45) is 7.04. The summed E-state index contributed by atoms with van der Waals surface area (Å²) in [6, 6.07) is 12.3. The second kappa shape index (κ2) is 16.0. The molecule has 2 aliphatic heterocycles. The molecule has 2 aromatic rings. The zero-order chi connectivity index (χ0) is 32.4. The van der Waals surface area contributed by atoms with Crippen molar-refractivity contribution in [3.8, 4) is 11.5 Å². The van der Waals surface area contributed by atoms with Crippen molar-refractivity contribution in [3.05, 3.63) is 77.4 Å². The Morgan fingerprint density at radius 3 is 2.56 bits per heavy atom. The number of esters is 2. The predicted octanol–water partition coefficient (Wildman–Crippen LogP) is 5.69. The van der Waals surface area contributed by atoms with E-state index in [0.717, 1.165) is 12.8 Å². The molecule has 45 heavy (non-hydrogen) atoms. The van der Waals surface area contributed by atoms with Gasteiger partial charge in [-0.3, -0.25) is 0 Å². The summed E-state index contributed by atoms with van der Waals surface area (Å²) in [5.41, 5.74) is 6.87. The maximum Gasteiger partial charge on any atom is 0.342 e. The number of hydrogen-bond acceptors (Lipinski definition) is 10. The maximum absolute atomic E-state index is 13.7. The normalized spacial score (nSPS) is 24.6. The molecule has 2 heterocycles. The van der Waals surface area contributed by atoms with E-state index < -0.39 is 42.1 Å². The molecule has 2 aliphatic rings. The Bertz CT molecular complexity index is 1340. The van der Waals surface area contributed by atoms with Gasteiger partial charge >= 0.3 is 11.9 Å². The lowest BCUT2D eigenvalue weighted by atomic mass is 9.98. The molecular weight excluding hydrogens is 578 g/mol. The third-order valence-electron chi connectivity index (χ3n) is 7.61. The van der Waals surface area contributed by atoms with E-state index >= 15 is 0 Å². The number of nitrogens with two attached hydrogens (primary N) is 1. The van der Waals surface area contributed by atoms with E-state index in [1.54, 1.807) is 42.5 Å². The smallest absolute Gasteiger partial charge is 0.342 e. The molecule has 10 nitrogen and oxygen atoms in total. The molecule has 0 radical (unpaired) electrons. The van der Waals surface area contributed by atoms with Gasteiger partial charge in [0.1, 0.15) is 35.4 Å². The Balaban J connectivity index is 1.72. The first-order chi connectivity index (χ1) is 21.6. The maximum atomic E-state index is 13.7. The van der Waals surface area contributed by atoms with Gasteiger partial charge in [-0.15, -0.1) is 0 Å². The molecule has 0 aromatic heterocycles. The molecule has 1 fully saturated rings. The average Bonchev–Trinajstić information content (AvgIpc) is 3.33. The lowest BCUT2D eigenvalue weighted by Gasteiger charge is -2.25. The van der Waals surface area contributed by atoms with Gasteiger partial charge in [-0.2, -0.15) is 0 Å². The molecular formula is C35H45NO9. The van der Waals surface area contributed by atoms with Crippen LogP contribution in [0.15, 0.2) is 60.7 Å². The molecule has 5 atom stereocenters. The number of methoxy groups -OCH3 is 1. The zero-order valence-corrected chi connectivity index (χ0v) is 26.7. The van der Waals surface area contributed by atoms with Gasteiger partial charge in [-0.25, -0.2) is 9.59 Å². The quantitative estimate of drug-likeness (QED) is 0.153. The van der Waals surface area contributed by atoms with E-state index in [4.69, 9.17) is 38.9 Å². The molecule has 0 amide bonds. The molecule has 4 rings (SSSR count). The van der Waals surface area contributed by atoms with Crippen molar-refractivity contribution < 1.29 is 42.7 Å². The first-order valence-corrected chi connectivity index (χ1v) is 15.4.